The van der Waals surface area contributed by atoms with E-state index in [0.717, 1.165) is 23.5 Å². The van der Waals surface area contributed by atoms with Crippen molar-refractivity contribution in [3.05, 3.63) is 66.4 Å². The summed E-state index contributed by atoms with van der Waals surface area (Å²) in [5.41, 5.74) is 5.66. The highest BCUT2D eigenvalue weighted by Crippen LogP contribution is 2.23. The van der Waals surface area contributed by atoms with Gasteiger partial charge in [0.05, 0.1) is 5.69 Å². The van der Waals surface area contributed by atoms with Crippen LogP contribution in [0.25, 0.3) is 22.4 Å². The zero-order valence-corrected chi connectivity index (χ0v) is 11.4. The van der Waals surface area contributed by atoms with E-state index < -0.39 is 0 Å². The third kappa shape index (κ3) is 2.63. The van der Waals surface area contributed by atoms with Gasteiger partial charge in [-0.05, 0) is 24.2 Å². The van der Waals surface area contributed by atoms with E-state index in [4.69, 9.17) is 0 Å². The molecule has 0 saturated heterocycles. The molecule has 0 radical (unpaired) electrons. The molecule has 0 aliphatic rings. The van der Waals surface area contributed by atoms with Crippen molar-refractivity contribution in [2.75, 3.05) is 7.05 Å². The number of hydrogen-bond donors (Lipinski definition) is 2. The normalized spacial score (nSPS) is 10.7. The van der Waals surface area contributed by atoms with Gasteiger partial charge in [0.1, 0.15) is 0 Å². The molecule has 0 aliphatic heterocycles. The Morgan fingerprint density at radius 2 is 1.55 bits per heavy atom. The van der Waals surface area contributed by atoms with Crippen LogP contribution in [0.5, 0.6) is 0 Å². The summed E-state index contributed by atoms with van der Waals surface area (Å²) in [6.45, 7) is 0.801. The number of nitrogens with one attached hydrogen (secondary N) is 2. The van der Waals surface area contributed by atoms with Crippen molar-refractivity contribution < 1.29 is 0 Å². The first-order valence-electron chi connectivity index (χ1n) is 6.71. The second kappa shape index (κ2) is 5.72. The van der Waals surface area contributed by atoms with E-state index in [1.54, 1.807) is 0 Å². The minimum Gasteiger partial charge on any atom is -0.314 e. The summed E-state index contributed by atoms with van der Waals surface area (Å²) in [5.74, 6) is 0. The fraction of sp³-hybridized carbons (Fsp3) is 0.118. The Kier molecular flexibility index (Phi) is 3.61. The molecular weight excluding hydrogens is 246 g/mol. The average Bonchev–Trinajstić information content (AvgIpc) is 2.97. The van der Waals surface area contributed by atoms with Crippen LogP contribution in [0.15, 0.2) is 60.7 Å². The van der Waals surface area contributed by atoms with Crippen molar-refractivity contribution in [1.29, 1.82) is 0 Å². The Balaban J connectivity index is 1.85. The molecule has 100 valence electrons. The Bertz CT molecular complexity index is 669. The van der Waals surface area contributed by atoms with E-state index in [1.807, 2.05) is 13.1 Å². The fourth-order valence-corrected chi connectivity index (χ4v) is 2.25. The van der Waals surface area contributed by atoms with E-state index in [2.05, 4.69) is 70.1 Å². The SMILES string of the molecule is CNCc1cc(-c2ccc(-c3ccccc3)cc2)n[nH]1. The summed E-state index contributed by atoms with van der Waals surface area (Å²) >= 11 is 0. The van der Waals surface area contributed by atoms with Crippen molar-refractivity contribution >= 4 is 0 Å². The number of nitrogens with zero attached hydrogens (tertiary/aromatic N) is 1. The van der Waals surface area contributed by atoms with Gasteiger partial charge < -0.3 is 5.32 Å². The van der Waals surface area contributed by atoms with Crippen LogP contribution in [0.4, 0.5) is 0 Å². The molecule has 3 aromatic rings. The molecule has 0 amide bonds. The molecule has 0 unspecified atom stereocenters. The standard InChI is InChI=1S/C17H17N3/c1-18-12-16-11-17(20-19-16)15-9-7-14(8-10-15)13-5-3-2-4-6-13/h2-11,18H,12H2,1H3,(H,19,20). The minimum atomic E-state index is 0.801. The first-order chi connectivity index (χ1) is 9.86. The second-order valence-corrected chi connectivity index (χ2v) is 4.75. The molecule has 3 rings (SSSR count). The lowest BCUT2D eigenvalue weighted by molar-refractivity contribution is 0.784. The summed E-state index contributed by atoms with van der Waals surface area (Å²) < 4.78 is 0. The van der Waals surface area contributed by atoms with Gasteiger partial charge in [0.15, 0.2) is 0 Å². The van der Waals surface area contributed by atoms with Crippen molar-refractivity contribution in [3.8, 4) is 22.4 Å². The molecule has 2 aromatic carbocycles. The third-order valence-corrected chi connectivity index (χ3v) is 3.29. The van der Waals surface area contributed by atoms with Gasteiger partial charge in [-0.15, -0.1) is 0 Å². The number of benzene rings is 2. The third-order valence-electron chi connectivity index (χ3n) is 3.29. The molecule has 0 aliphatic carbocycles. The lowest BCUT2D eigenvalue weighted by Gasteiger charge is -2.02. The van der Waals surface area contributed by atoms with Gasteiger partial charge in [0.25, 0.3) is 0 Å². The highest BCUT2D eigenvalue weighted by molar-refractivity contribution is 5.68. The minimum absolute atomic E-state index is 0.801. The van der Waals surface area contributed by atoms with Gasteiger partial charge in [-0.25, -0.2) is 0 Å². The maximum Gasteiger partial charge on any atom is 0.0924 e. The van der Waals surface area contributed by atoms with Crippen LogP contribution in [-0.2, 0) is 6.54 Å². The molecule has 2 N–H and O–H groups in total. The topological polar surface area (TPSA) is 40.7 Å². The molecule has 0 bridgehead atoms. The average molecular weight is 263 g/mol. The van der Waals surface area contributed by atoms with E-state index in [9.17, 15) is 0 Å². The van der Waals surface area contributed by atoms with E-state index in [1.165, 1.54) is 11.1 Å². The highest BCUT2D eigenvalue weighted by Gasteiger charge is 2.04. The summed E-state index contributed by atoms with van der Waals surface area (Å²) in [7, 11) is 1.93. The molecule has 0 fully saturated rings. The van der Waals surface area contributed by atoms with Crippen LogP contribution in [0, 0.1) is 0 Å². The fourth-order valence-electron chi connectivity index (χ4n) is 2.25. The summed E-state index contributed by atoms with van der Waals surface area (Å²) in [4.78, 5) is 0. The number of hydrogen-bond acceptors (Lipinski definition) is 2. The lowest BCUT2D eigenvalue weighted by Crippen LogP contribution is -2.04. The van der Waals surface area contributed by atoms with Gasteiger partial charge >= 0.3 is 0 Å². The Morgan fingerprint density at radius 1 is 0.900 bits per heavy atom. The van der Waals surface area contributed by atoms with Gasteiger partial charge in [-0.1, -0.05) is 54.6 Å². The maximum atomic E-state index is 4.34. The van der Waals surface area contributed by atoms with Gasteiger partial charge in [-0.3, -0.25) is 5.10 Å². The molecule has 0 spiro atoms. The number of rotatable bonds is 4. The van der Waals surface area contributed by atoms with Gasteiger partial charge in [0.2, 0.25) is 0 Å². The molecule has 3 heteroatoms. The molecule has 20 heavy (non-hydrogen) atoms. The summed E-state index contributed by atoms with van der Waals surface area (Å²) in [6.07, 6.45) is 0. The smallest absolute Gasteiger partial charge is 0.0924 e. The molecule has 0 atom stereocenters. The van der Waals surface area contributed by atoms with Crippen molar-refractivity contribution in [2.24, 2.45) is 0 Å². The Hall–Kier alpha value is -2.39. The van der Waals surface area contributed by atoms with Crippen molar-refractivity contribution in [1.82, 2.24) is 15.5 Å². The number of aromatic amines is 1. The van der Waals surface area contributed by atoms with Crippen LogP contribution in [0.3, 0.4) is 0 Å². The van der Waals surface area contributed by atoms with Crippen LogP contribution >= 0.6 is 0 Å². The quantitative estimate of drug-likeness (QED) is 0.756. The molecule has 1 heterocycles. The van der Waals surface area contributed by atoms with E-state index in [0.29, 0.717) is 0 Å². The maximum absolute atomic E-state index is 4.34. The zero-order chi connectivity index (χ0) is 13.8. The molecule has 3 nitrogen and oxygen atoms in total. The molecule has 0 saturated carbocycles. The van der Waals surface area contributed by atoms with Crippen LogP contribution in [0.2, 0.25) is 0 Å². The highest BCUT2D eigenvalue weighted by atomic mass is 15.1. The first-order valence-corrected chi connectivity index (χ1v) is 6.71. The first kappa shape index (κ1) is 12.6. The Morgan fingerprint density at radius 3 is 2.25 bits per heavy atom. The number of aromatic nitrogens is 2. The largest absolute Gasteiger partial charge is 0.314 e. The predicted octanol–water partition coefficient (Wildman–Crippen LogP) is 3.46. The summed E-state index contributed by atoms with van der Waals surface area (Å²) in [5, 5.41) is 10.5. The van der Waals surface area contributed by atoms with Crippen LogP contribution in [0.1, 0.15) is 5.69 Å². The van der Waals surface area contributed by atoms with Crippen LogP contribution in [-0.4, -0.2) is 17.2 Å². The predicted molar refractivity (Wildman–Crippen MR) is 82.2 cm³/mol. The molecular formula is C17H17N3. The van der Waals surface area contributed by atoms with Crippen LogP contribution < -0.4 is 5.32 Å². The number of H-pyrrole nitrogens is 1. The van der Waals surface area contributed by atoms with E-state index >= 15 is 0 Å². The van der Waals surface area contributed by atoms with Crippen molar-refractivity contribution in [3.63, 3.8) is 0 Å². The molecule has 1 aromatic heterocycles. The summed E-state index contributed by atoms with van der Waals surface area (Å²) in [6, 6.07) is 21.0. The van der Waals surface area contributed by atoms with Crippen molar-refractivity contribution in [2.45, 2.75) is 6.54 Å². The van der Waals surface area contributed by atoms with E-state index in [-0.39, 0.29) is 0 Å². The monoisotopic (exact) mass is 263 g/mol. The zero-order valence-electron chi connectivity index (χ0n) is 11.4. The van der Waals surface area contributed by atoms with Gasteiger partial charge in [0, 0.05) is 17.8 Å². The van der Waals surface area contributed by atoms with Gasteiger partial charge in [-0.2, -0.15) is 5.10 Å². The second-order valence-electron chi connectivity index (χ2n) is 4.75. The Labute approximate surface area is 118 Å². The lowest BCUT2D eigenvalue weighted by atomic mass is 10.0.